The van der Waals surface area contributed by atoms with E-state index in [1.807, 2.05) is 48.5 Å². The van der Waals surface area contributed by atoms with Crippen LogP contribution in [0.5, 0.6) is 11.5 Å². The zero-order chi connectivity index (χ0) is 20.6. The summed E-state index contributed by atoms with van der Waals surface area (Å²) in [6, 6.07) is 21.6. The number of hydrogen-bond acceptors (Lipinski definition) is 5. The Morgan fingerprint density at radius 2 is 1.69 bits per heavy atom. The van der Waals surface area contributed by atoms with Gasteiger partial charge in [0.05, 0.1) is 7.11 Å². The second-order valence-corrected chi connectivity index (χ2v) is 6.33. The van der Waals surface area contributed by atoms with Crippen LogP contribution < -0.4 is 10.1 Å². The molecule has 1 amide bonds. The summed E-state index contributed by atoms with van der Waals surface area (Å²) in [7, 11) is 1.45. The molecule has 0 aromatic heterocycles. The number of amides is 1. The molecule has 0 fully saturated rings. The number of rotatable bonds is 7. The Kier molecular flexibility index (Phi) is 6.47. The van der Waals surface area contributed by atoms with Crippen LogP contribution >= 0.6 is 0 Å². The van der Waals surface area contributed by atoms with Crippen molar-refractivity contribution in [3.8, 4) is 11.5 Å². The number of esters is 1. The Morgan fingerprint density at radius 1 is 0.966 bits per heavy atom. The topological polar surface area (TPSA) is 84.9 Å². The van der Waals surface area contributed by atoms with Crippen LogP contribution in [0.4, 0.5) is 5.69 Å². The van der Waals surface area contributed by atoms with Crippen molar-refractivity contribution in [2.75, 3.05) is 19.0 Å². The summed E-state index contributed by atoms with van der Waals surface area (Å²) in [6.45, 7) is -0.477. The standard InChI is InChI=1S/C23H21NO5/c1-28-18-11-12-21(25)19(14-18)23(27)29-15-22(26)24-20-10-6-5-9-17(20)13-16-7-3-2-4-8-16/h2-12,14,25H,13,15H2,1H3,(H,24,26). The molecular weight excluding hydrogens is 370 g/mol. The van der Waals surface area contributed by atoms with Gasteiger partial charge in [0, 0.05) is 5.69 Å². The van der Waals surface area contributed by atoms with Crippen molar-refractivity contribution in [3.05, 3.63) is 89.5 Å². The van der Waals surface area contributed by atoms with Gasteiger partial charge in [0.2, 0.25) is 0 Å². The third kappa shape index (κ3) is 5.35. The lowest BCUT2D eigenvalue weighted by Gasteiger charge is -2.12. The summed E-state index contributed by atoms with van der Waals surface area (Å²) >= 11 is 0. The highest BCUT2D eigenvalue weighted by atomic mass is 16.5. The molecule has 0 radical (unpaired) electrons. The zero-order valence-corrected chi connectivity index (χ0v) is 15.9. The van der Waals surface area contributed by atoms with E-state index in [2.05, 4.69) is 5.32 Å². The lowest BCUT2D eigenvalue weighted by atomic mass is 10.0. The minimum Gasteiger partial charge on any atom is -0.507 e. The van der Waals surface area contributed by atoms with E-state index in [4.69, 9.17) is 9.47 Å². The molecule has 3 aromatic carbocycles. The maximum absolute atomic E-state index is 12.3. The minimum absolute atomic E-state index is 0.0679. The van der Waals surface area contributed by atoms with Crippen LogP contribution in [0.3, 0.4) is 0 Å². The third-order valence-corrected chi connectivity index (χ3v) is 4.29. The molecule has 6 heteroatoms. The summed E-state index contributed by atoms with van der Waals surface area (Å²) in [6.07, 6.45) is 0.661. The minimum atomic E-state index is -0.811. The maximum Gasteiger partial charge on any atom is 0.342 e. The first-order valence-electron chi connectivity index (χ1n) is 9.02. The van der Waals surface area contributed by atoms with Crippen LogP contribution in [-0.4, -0.2) is 30.7 Å². The Morgan fingerprint density at radius 3 is 2.45 bits per heavy atom. The normalized spacial score (nSPS) is 10.2. The van der Waals surface area contributed by atoms with Gasteiger partial charge in [-0.25, -0.2) is 4.79 Å². The fourth-order valence-electron chi connectivity index (χ4n) is 2.81. The monoisotopic (exact) mass is 391 g/mol. The summed E-state index contributed by atoms with van der Waals surface area (Å²) in [5.74, 6) is -1.13. The van der Waals surface area contributed by atoms with Crippen LogP contribution in [0.2, 0.25) is 0 Å². The van der Waals surface area contributed by atoms with E-state index in [9.17, 15) is 14.7 Å². The van der Waals surface area contributed by atoms with Crippen LogP contribution in [0.25, 0.3) is 0 Å². The number of benzene rings is 3. The summed E-state index contributed by atoms with van der Waals surface area (Å²) in [5, 5.41) is 12.6. The SMILES string of the molecule is COc1ccc(O)c(C(=O)OCC(=O)Nc2ccccc2Cc2ccccc2)c1. The van der Waals surface area contributed by atoms with E-state index in [0.717, 1.165) is 11.1 Å². The number of aromatic hydroxyl groups is 1. The maximum atomic E-state index is 12.3. The van der Waals surface area contributed by atoms with E-state index >= 15 is 0 Å². The van der Waals surface area contributed by atoms with Gasteiger partial charge in [-0.1, -0.05) is 48.5 Å². The molecule has 2 N–H and O–H groups in total. The number of anilines is 1. The Labute approximate surface area is 168 Å². The van der Waals surface area contributed by atoms with Crippen molar-refractivity contribution in [1.29, 1.82) is 0 Å². The van der Waals surface area contributed by atoms with Crippen molar-refractivity contribution < 1.29 is 24.2 Å². The van der Waals surface area contributed by atoms with Crippen molar-refractivity contribution >= 4 is 17.6 Å². The molecule has 6 nitrogen and oxygen atoms in total. The predicted molar refractivity (Wildman–Crippen MR) is 109 cm³/mol. The number of phenolic OH excluding ortho intramolecular Hbond substituents is 1. The van der Waals surface area contributed by atoms with Crippen molar-refractivity contribution in [2.24, 2.45) is 0 Å². The first-order chi connectivity index (χ1) is 14.1. The summed E-state index contributed by atoms with van der Waals surface area (Å²) < 4.78 is 10.1. The molecule has 0 atom stereocenters. The highest BCUT2D eigenvalue weighted by Crippen LogP contribution is 2.24. The molecule has 3 rings (SSSR count). The van der Waals surface area contributed by atoms with Gasteiger partial charge in [0.15, 0.2) is 6.61 Å². The van der Waals surface area contributed by atoms with Crippen molar-refractivity contribution in [1.82, 2.24) is 0 Å². The van der Waals surface area contributed by atoms with Crippen molar-refractivity contribution in [3.63, 3.8) is 0 Å². The average molecular weight is 391 g/mol. The van der Waals surface area contributed by atoms with Gasteiger partial charge in [-0.05, 0) is 41.8 Å². The molecule has 0 aliphatic heterocycles. The largest absolute Gasteiger partial charge is 0.507 e. The molecule has 29 heavy (non-hydrogen) atoms. The first kappa shape index (κ1) is 19.9. The van der Waals surface area contributed by atoms with E-state index in [0.29, 0.717) is 17.9 Å². The number of methoxy groups -OCH3 is 1. The quantitative estimate of drug-likeness (QED) is 0.599. The molecule has 0 spiro atoms. The summed E-state index contributed by atoms with van der Waals surface area (Å²) in [4.78, 5) is 24.5. The molecule has 0 saturated carbocycles. The van der Waals surface area contributed by atoms with Crippen LogP contribution in [0.1, 0.15) is 21.5 Å². The third-order valence-electron chi connectivity index (χ3n) is 4.29. The Hall–Kier alpha value is -3.80. The molecule has 0 bridgehead atoms. The molecule has 0 unspecified atom stereocenters. The lowest BCUT2D eigenvalue weighted by Crippen LogP contribution is -2.21. The van der Waals surface area contributed by atoms with Gasteiger partial charge in [0.25, 0.3) is 5.91 Å². The smallest absolute Gasteiger partial charge is 0.342 e. The molecule has 0 aliphatic rings. The molecule has 148 valence electrons. The summed E-state index contributed by atoms with van der Waals surface area (Å²) in [5.41, 5.74) is 2.65. The second-order valence-electron chi connectivity index (χ2n) is 6.33. The number of ether oxygens (including phenoxy) is 2. The number of nitrogens with one attached hydrogen (secondary N) is 1. The molecule has 0 saturated heterocycles. The van der Waals surface area contributed by atoms with E-state index in [1.165, 1.54) is 25.3 Å². The van der Waals surface area contributed by atoms with Gasteiger partial charge in [-0.2, -0.15) is 0 Å². The fraction of sp³-hybridized carbons (Fsp3) is 0.130. The van der Waals surface area contributed by atoms with Gasteiger partial charge in [-0.3, -0.25) is 4.79 Å². The van der Waals surface area contributed by atoms with E-state index in [-0.39, 0.29) is 11.3 Å². The van der Waals surface area contributed by atoms with Gasteiger partial charge in [-0.15, -0.1) is 0 Å². The number of carbonyl (C=O) groups is 2. The number of hydrogen-bond donors (Lipinski definition) is 2. The fourth-order valence-corrected chi connectivity index (χ4v) is 2.81. The van der Waals surface area contributed by atoms with E-state index < -0.39 is 18.5 Å². The molecule has 3 aromatic rings. The number of phenols is 1. The van der Waals surface area contributed by atoms with Gasteiger partial charge in [0.1, 0.15) is 17.1 Å². The van der Waals surface area contributed by atoms with Gasteiger partial charge >= 0.3 is 5.97 Å². The highest BCUT2D eigenvalue weighted by molar-refractivity contribution is 5.97. The number of para-hydroxylation sites is 1. The Bertz CT molecular complexity index is 1000. The van der Waals surface area contributed by atoms with Gasteiger partial charge < -0.3 is 19.9 Å². The molecule has 0 heterocycles. The predicted octanol–water partition coefficient (Wildman–Crippen LogP) is 3.79. The van der Waals surface area contributed by atoms with Crippen LogP contribution in [-0.2, 0) is 16.0 Å². The first-order valence-corrected chi connectivity index (χ1v) is 9.02. The zero-order valence-electron chi connectivity index (χ0n) is 15.9. The number of carbonyl (C=O) groups excluding carboxylic acids is 2. The lowest BCUT2D eigenvalue weighted by molar-refractivity contribution is -0.119. The van der Waals surface area contributed by atoms with E-state index in [1.54, 1.807) is 6.07 Å². The average Bonchev–Trinajstić information content (AvgIpc) is 2.74. The Balaban J connectivity index is 1.62. The molecular formula is C23H21NO5. The van der Waals surface area contributed by atoms with Crippen molar-refractivity contribution in [2.45, 2.75) is 6.42 Å². The second kappa shape index (κ2) is 9.41. The molecule has 0 aliphatic carbocycles. The highest BCUT2D eigenvalue weighted by Gasteiger charge is 2.16. The van der Waals surface area contributed by atoms with Crippen LogP contribution in [0.15, 0.2) is 72.8 Å². The van der Waals surface area contributed by atoms with Crippen LogP contribution in [0, 0.1) is 0 Å².